The number of amides is 1. The molecule has 4 nitrogen and oxygen atoms in total. The molecule has 1 aliphatic rings. The molecule has 2 unspecified atom stereocenters. The van der Waals surface area contributed by atoms with Crippen molar-refractivity contribution in [2.75, 3.05) is 19.8 Å². The first-order valence-electron chi connectivity index (χ1n) is 6.46. The monoisotopic (exact) mass is 243 g/mol. The highest BCUT2D eigenvalue weighted by Crippen LogP contribution is 2.23. The van der Waals surface area contributed by atoms with Gasteiger partial charge in [0.1, 0.15) is 0 Å². The van der Waals surface area contributed by atoms with Crippen molar-refractivity contribution in [1.29, 1.82) is 0 Å². The molecule has 0 saturated carbocycles. The summed E-state index contributed by atoms with van der Waals surface area (Å²) >= 11 is 0. The number of carbonyl (C=O) groups is 1. The molecule has 0 aromatic rings. The Kier molecular flexibility index (Phi) is 5.40. The van der Waals surface area contributed by atoms with Crippen LogP contribution in [-0.2, 0) is 9.53 Å². The van der Waals surface area contributed by atoms with Crippen LogP contribution in [0.5, 0.6) is 0 Å². The lowest BCUT2D eigenvalue weighted by Gasteiger charge is -2.26. The van der Waals surface area contributed by atoms with Crippen LogP contribution >= 0.6 is 0 Å². The summed E-state index contributed by atoms with van der Waals surface area (Å²) in [5.41, 5.74) is 0.0427. The third-order valence-corrected chi connectivity index (χ3v) is 3.47. The van der Waals surface area contributed by atoms with Gasteiger partial charge in [-0.25, -0.2) is 0 Å². The van der Waals surface area contributed by atoms with E-state index in [0.29, 0.717) is 13.2 Å². The average Bonchev–Trinajstić information content (AvgIpc) is 2.70. The smallest absolute Gasteiger partial charge is 0.225 e. The molecular formula is C13H25NO3. The fraction of sp³-hybridized carbons (Fsp3) is 0.923. The van der Waals surface area contributed by atoms with E-state index in [1.165, 1.54) is 0 Å². The zero-order valence-electron chi connectivity index (χ0n) is 11.2. The van der Waals surface area contributed by atoms with Gasteiger partial charge in [0.05, 0.1) is 12.0 Å². The van der Waals surface area contributed by atoms with Crippen LogP contribution in [-0.4, -0.2) is 36.9 Å². The molecule has 0 radical (unpaired) electrons. The second-order valence-electron chi connectivity index (χ2n) is 5.68. The van der Waals surface area contributed by atoms with Gasteiger partial charge in [0.2, 0.25) is 5.91 Å². The largest absolute Gasteiger partial charge is 0.396 e. The number of nitrogens with one attached hydrogen (secondary N) is 1. The average molecular weight is 243 g/mol. The quantitative estimate of drug-likeness (QED) is 0.740. The molecule has 1 amide bonds. The van der Waals surface area contributed by atoms with Gasteiger partial charge in [0, 0.05) is 19.8 Å². The topological polar surface area (TPSA) is 58.6 Å². The van der Waals surface area contributed by atoms with E-state index in [9.17, 15) is 4.79 Å². The van der Waals surface area contributed by atoms with E-state index in [4.69, 9.17) is 9.84 Å². The van der Waals surface area contributed by atoms with Gasteiger partial charge in [-0.1, -0.05) is 13.8 Å². The van der Waals surface area contributed by atoms with Crippen molar-refractivity contribution in [2.45, 2.75) is 46.1 Å². The molecule has 1 aliphatic heterocycles. The van der Waals surface area contributed by atoms with Crippen LogP contribution in [0.1, 0.15) is 40.0 Å². The molecular weight excluding hydrogens is 218 g/mol. The van der Waals surface area contributed by atoms with Crippen LogP contribution in [0, 0.1) is 11.3 Å². The number of rotatable bonds is 6. The van der Waals surface area contributed by atoms with E-state index in [2.05, 4.69) is 19.2 Å². The van der Waals surface area contributed by atoms with E-state index >= 15 is 0 Å². The molecule has 0 aliphatic carbocycles. The third kappa shape index (κ3) is 4.64. The van der Waals surface area contributed by atoms with Crippen LogP contribution in [0.15, 0.2) is 0 Å². The number of carbonyl (C=O) groups excluding carboxylic acids is 1. The van der Waals surface area contributed by atoms with Gasteiger partial charge in [-0.3, -0.25) is 4.79 Å². The van der Waals surface area contributed by atoms with Crippen LogP contribution in [0.4, 0.5) is 0 Å². The van der Waals surface area contributed by atoms with Gasteiger partial charge < -0.3 is 15.2 Å². The maximum absolute atomic E-state index is 11.9. The summed E-state index contributed by atoms with van der Waals surface area (Å²) in [5, 5.41) is 11.8. The van der Waals surface area contributed by atoms with Crippen LogP contribution < -0.4 is 5.32 Å². The van der Waals surface area contributed by atoms with Crippen molar-refractivity contribution < 1.29 is 14.6 Å². The Morgan fingerprint density at radius 2 is 2.24 bits per heavy atom. The number of aliphatic hydroxyl groups excluding tert-OH is 1. The second kappa shape index (κ2) is 6.36. The van der Waals surface area contributed by atoms with E-state index in [0.717, 1.165) is 19.3 Å². The van der Waals surface area contributed by atoms with E-state index < -0.39 is 0 Å². The predicted octanol–water partition coefficient (Wildman–Crippen LogP) is 1.33. The Labute approximate surface area is 104 Å². The number of ether oxygens (including phenoxy) is 1. The molecule has 4 heteroatoms. The summed E-state index contributed by atoms with van der Waals surface area (Å²) < 4.78 is 5.39. The number of aliphatic hydroxyl groups is 1. The molecule has 1 heterocycles. The molecule has 0 aromatic carbocycles. The molecule has 2 N–H and O–H groups in total. The van der Waals surface area contributed by atoms with E-state index in [-0.39, 0.29) is 30.0 Å². The Morgan fingerprint density at radius 1 is 1.53 bits per heavy atom. The minimum absolute atomic E-state index is 0.00337. The minimum Gasteiger partial charge on any atom is -0.396 e. The fourth-order valence-corrected chi connectivity index (χ4v) is 2.18. The Morgan fingerprint density at radius 3 is 2.76 bits per heavy atom. The highest BCUT2D eigenvalue weighted by atomic mass is 16.5. The molecule has 1 rings (SSSR count). The summed E-state index contributed by atoms with van der Waals surface area (Å²) in [6, 6.07) is 0. The molecule has 2 atom stereocenters. The summed E-state index contributed by atoms with van der Waals surface area (Å²) in [7, 11) is 0. The van der Waals surface area contributed by atoms with Gasteiger partial charge >= 0.3 is 0 Å². The van der Waals surface area contributed by atoms with Gasteiger partial charge in [0.15, 0.2) is 0 Å². The molecule has 17 heavy (non-hydrogen) atoms. The lowest BCUT2D eigenvalue weighted by Crippen LogP contribution is -2.39. The molecule has 100 valence electrons. The van der Waals surface area contributed by atoms with Gasteiger partial charge in [-0.05, 0) is 31.6 Å². The Balaban J connectivity index is 2.31. The van der Waals surface area contributed by atoms with Crippen LogP contribution in [0.3, 0.4) is 0 Å². The van der Waals surface area contributed by atoms with Crippen molar-refractivity contribution >= 4 is 5.91 Å². The lowest BCUT2D eigenvalue weighted by molar-refractivity contribution is -0.126. The maximum Gasteiger partial charge on any atom is 0.225 e. The normalized spacial score (nSPS) is 24.9. The van der Waals surface area contributed by atoms with Crippen molar-refractivity contribution in [2.24, 2.45) is 11.3 Å². The Hall–Kier alpha value is -0.610. The maximum atomic E-state index is 11.9. The molecule has 0 bridgehead atoms. The molecule has 0 aromatic heterocycles. The van der Waals surface area contributed by atoms with Gasteiger partial charge in [-0.15, -0.1) is 0 Å². The standard InChI is InChI=1S/C13H25NO3/c1-10-11(5-8-17-10)12(16)14-9-13(2,3)6-4-7-15/h10-11,15H,4-9H2,1-3H3,(H,14,16). The lowest BCUT2D eigenvalue weighted by atomic mass is 9.87. The summed E-state index contributed by atoms with van der Waals surface area (Å²) in [6.45, 7) is 7.73. The van der Waals surface area contributed by atoms with E-state index in [1.807, 2.05) is 6.92 Å². The van der Waals surface area contributed by atoms with Crippen LogP contribution in [0.25, 0.3) is 0 Å². The molecule has 1 fully saturated rings. The first-order valence-corrected chi connectivity index (χ1v) is 6.46. The highest BCUT2D eigenvalue weighted by molar-refractivity contribution is 5.79. The van der Waals surface area contributed by atoms with E-state index in [1.54, 1.807) is 0 Å². The zero-order valence-corrected chi connectivity index (χ0v) is 11.2. The first-order chi connectivity index (χ1) is 7.96. The number of hydrogen-bond donors (Lipinski definition) is 2. The first kappa shape index (κ1) is 14.5. The molecule has 1 saturated heterocycles. The summed E-state index contributed by atoms with van der Waals surface area (Å²) in [6.07, 6.45) is 2.56. The van der Waals surface area contributed by atoms with Gasteiger partial charge in [-0.2, -0.15) is 0 Å². The summed E-state index contributed by atoms with van der Waals surface area (Å²) in [5.74, 6) is 0.107. The van der Waals surface area contributed by atoms with Crippen LogP contribution in [0.2, 0.25) is 0 Å². The summed E-state index contributed by atoms with van der Waals surface area (Å²) in [4.78, 5) is 11.9. The highest BCUT2D eigenvalue weighted by Gasteiger charge is 2.31. The van der Waals surface area contributed by atoms with Crippen molar-refractivity contribution in [3.05, 3.63) is 0 Å². The minimum atomic E-state index is 0.00337. The van der Waals surface area contributed by atoms with Crippen molar-refractivity contribution in [3.63, 3.8) is 0 Å². The SMILES string of the molecule is CC1OCCC1C(=O)NCC(C)(C)CCCO. The van der Waals surface area contributed by atoms with Crippen molar-refractivity contribution in [1.82, 2.24) is 5.32 Å². The third-order valence-electron chi connectivity index (χ3n) is 3.47. The predicted molar refractivity (Wildman–Crippen MR) is 66.6 cm³/mol. The fourth-order valence-electron chi connectivity index (χ4n) is 2.18. The molecule has 0 spiro atoms. The second-order valence-corrected chi connectivity index (χ2v) is 5.68. The zero-order chi connectivity index (χ0) is 12.9. The Bertz CT molecular complexity index is 253. The van der Waals surface area contributed by atoms with Gasteiger partial charge in [0.25, 0.3) is 0 Å². The van der Waals surface area contributed by atoms with Crippen molar-refractivity contribution in [3.8, 4) is 0 Å². The number of hydrogen-bond acceptors (Lipinski definition) is 3.